The van der Waals surface area contributed by atoms with Gasteiger partial charge in [0.05, 0.1) is 0 Å². The minimum Gasteiger partial charge on any atom is -0.361 e. The molecule has 0 radical (unpaired) electrons. The van der Waals surface area contributed by atoms with Crippen LogP contribution in [0.15, 0.2) is 30.5 Å². The lowest BCUT2D eigenvalue weighted by molar-refractivity contribution is 0.451. The van der Waals surface area contributed by atoms with Gasteiger partial charge < -0.3 is 10.3 Å². The van der Waals surface area contributed by atoms with Crippen LogP contribution in [-0.4, -0.2) is 18.1 Å². The van der Waals surface area contributed by atoms with Crippen LogP contribution in [0.3, 0.4) is 0 Å². The van der Waals surface area contributed by atoms with Crippen molar-refractivity contribution in [2.45, 2.75) is 5.92 Å². The molecular weight excluding hydrogens is 196 g/mol. The van der Waals surface area contributed by atoms with E-state index in [1.807, 2.05) is 0 Å². The first-order valence-corrected chi connectivity index (χ1v) is 4.72. The quantitative estimate of drug-likeness (QED) is 0.740. The van der Waals surface area contributed by atoms with Crippen molar-refractivity contribution >= 4 is 23.3 Å². The fraction of sp³-hybridized carbons (Fsp3) is 0.273. The number of aromatic amines is 1. The summed E-state index contributed by atoms with van der Waals surface area (Å²) in [5.41, 5.74) is 2.72. The SMILES string of the molecule is Cl.c1ccc2c(C3CNC3)c[nH]c2c1. The smallest absolute Gasteiger partial charge is 0.0456 e. The largest absolute Gasteiger partial charge is 0.361 e. The molecule has 1 aromatic heterocycles. The van der Waals surface area contributed by atoms with Crippen molar-refractivity contribution in [1.29, 1.82) is 0 Å². The molecule has 3 heteroatoms. The number of rotatable bonds is 1. The topological polar surface area (TPSA) is 27.8 Å². The van der Waals surface area contributed by atoms with Crippen molar-refractivity contribution in [3.8, 4) is 0 Å². The Hall–Kier alpha value is -0.990. The molecule has 1 aromatic carbocycles. The third-order valence-electron chi connectivity index (χ3n) is 2.84. The fourth-order valence-corrected chi connectivity index (χ4v) is 1.94. The average Bonchev–Trinajstić information content (AvgIpc) is 2.47. The van der Waals surface area contributed by atoms with Crippen molar-refractivity contribution in [2.24, 2.45) is 0 Å². The lowest BCUT2D eigenvalue weighted by Crippen LogP contribution is -2.39. The van der Waals surface area contributed by atoms with E-state index in [0.717, 1.165) is 19.0 Å². The average molecular weight is 209 g/mol. The molecule has 2 heterocycles. The number of nitrogens with one attached hydrogen (secondary N) is 2. The van der Waals surface area contributed by atoms with Gasteiger partial charge in [-0.1, -0.05) is 18.2 Å². The number of H-pyrrole nitrogens is 1. The van der Waals surface area contributed by atoms with Crippen LogP contribution in [0, 0.1) is 0 Å². The zero-order valence-corrected chi connectivity index (χ0v) is 8.60. The van der Waals surface area contributed by atoms with Crippen LogP contribution in [0.4, 0.5) is 0 Å². The van der Waals surface area contributed by atoms with Crippen LogP contribution in [0.2, 0.25) is 0 Å². The Balaban J connectivity index is 0.000000750. The van der Waals surface area contributed by atoms with Gasteiger partial charge in [0.25, 0.3) is 0 Å². The zero-order valence-electron chi connectivity index (χ0n) is 7.79. The lowest BCUT2D eigenvalue weighted by atomic mass is 9.93. The van der Waals surface area contributed by atoms with Gasteiger partial charge in [-0.2, -0.15) is 0 Å². The maximum absolute atomic E-state index is 3.31. The van der Waals surface area contributed by atoms with Crippen LogP contribution < -0.4 is 5.32 Å². The molecule has 2 N–H and O–H groups in total. The van der Waals surface area contributed by atoms with Crippen molar-refractivity contribution in [1.82, 2.24) is 10.3 Å². The summed E-state index contributed by atoms with van der Waals surface area (Å²) in [4.78, 5) is 3.31. The van der Waals surface area contributed by atoms with Crippen molar-refractivity contribution in [3.63, 3.8) is 0 Å². The van der Waals surface area contributed by atoms with Gasteiger partial charge in [-0.25, -0.2) is 0 Å². The van der Waals surface area contributed by atoms with Gasteiger partial charge in [0.15, 0.2) is 0 Å². The van der Waals surface area contributed by atoms with E-state index in [1.54, 1.807) is 0 Å². The van der Waals surface area contributed by atoms with Gasteiger partial charge in [-0.3, -0.25) is 0 Å². The summed E-state index contributed by atoms with van der Waals surface area (Å²) in [6.07, 6.45) is 2.15. The third-order valence-corrected chi connectivity index (χ3v) is 2.84. The van der Waals surface area contributed by atoms with E-state index in [2.05, 4.69) is 40.8 Å². The van der Waals surface area contributed by atoms with Gasteiger partial charge in [0.2, 0.25) is 0 Å². The summed E-state index contributed by atoms with van der Waals surface area (Å²) in [5.74, 6) is 0.719. The Morgan fingerprint density at radius 3 is 2.64 bits per heavy atom. The monoisotopic (exact) mass is 208 g/mol. The molecule has 1 aliphatic rings. The molecular formula is C11H13ClN2. The van der Waals surface area contributed by atoms with Gasteiger partial charge in [-0.15, -0.1) is 12.4 Å². The van der Waals surface area contributed by atoms with Crippen LogP contribution in [0.5, 0.6) is 0 Å². The second kappa shape index (κ2) is 3.64. The molecule has 2 aromatic rings. The molecule has 1 fully saturated rings. The van der Waals surface area contributed by atoms with Gasteiger partial charge in [0.1, 0.15) is 0 Å². The minimum atomic E-state index is 0. The summed E-state index contributed by atoms with van der Waals surface area (Å²) in [5, 5.41) is 4.68. The molecule has 0 atom stereocenters. The number of hydrogen-bond acceptors (Lipinski definition) is 1. The Labute approximate surface area is 89.1 Å². The lowest BCUT2D eigenvalue weighted by Gasteiger charge is -2.26. The summed E-state index contributed by atoms with van der Waals surface area (Å²) in [6.45, 7) is 2.25. The van der Waals surface area contributed by atoms with Crippen LogP contribution >= 0.6 is 12.4 Å². The highest BCUT2D eigenvalue weighted by Crippen LogP contribution is 2.27. The van der Waals surface area contributed by atoms with E-state index in [1.165, 1.54) is 16.5 Å². The number of aromatic nitrogens is 1. The first-order chi connectivity index (χ1) is 6.45. The highest BCUT2D eigenvalue weighted by Gasteiger charge is 2.21. The number of hydrogen-bond donors (Lipinski definition) is 2. The third kappa shape index (κ3) is 1.31. The number of fused-ring (bicyclic) bond motifs is 1. The standard InChI is InChI=1S/C11H12N2.ClH/c1-2-4-11-9(3-1)10(7-13-11)8-5-12-6-8;/h1-4,7-8,12-13H,5-6H2;1H. The van der Waals surface area contributed by atoms with E-state index >= 15 is 0 Å². The summed E-state index contributed by atoms with van der Waals surface area (Å²) >= 11 is 0. The molecule has 0 spiro atoms. The Kier molecular flexibility index (Phi) is 2.48. The van der Waals surface area contributed by atoms with Gasteiger partial charge in [0, 0.05) is 36.1 Å². The molecule has 0 amide bonds. The summed E-state index contributed by atoms with van der Waals surface area (Å²) in [6, 6.07) is 8.50. The van der Waals surface area contributed by atoms with Crippen LogP contribution in [0.1, 0.15) is 11.5 Å². The summed E-state index contributed by atoms with van der Waals surface area (Å²) < 4.78 is 0. The second-order valence-corrected chi connectivity index (χ2v) is 3.64. The van der Waals surface area contributed by atoms with E-state index in [-0.39, 0.29) is 12.4 Å². The van der Waals surface area contributed by atoms with E-state index in [0.29, 0.717) is 0 Å². The highest BCUT2D eigenvalue weighted by molar-refractivity contribution is 5.85. The van der Waals surface area contributed by atoms with Crippen LogP contribution in [-0.2, 0) is 0 Å². The second-order valence-electron chi connectivity index (χ2n) is 3.64. The highest BCUT2D eigenvalue weighted by atomic mass is 35.5. The van der Waals surface area contributed by atoms with Crippen molar-refractivity contribution in [2.75, 3.05) is 13.1 Å². The zero-order chi connectivity index (χ0) is 8.67. The maximum Gasteiger partial charge on any atom is 0.0456 e. The Bertz CT molecular complexity index is 432. The normalized spacial score (nSPS) is 16.3. The van der Waals surface area contributed by atoms with Gasteiger partial charge >= 0.3 is 0 Å². The Morgan fingerprint density at radius 1 is 1.14 bits per heavy atom. The van der Waals surface area contributed by atoms with E-state index < -0.39 is 0 Å². The minimum absolute atomic E-state index is 0. The molecule has 1 saturated heterocycles. The van der Waals surface area contributed by atoms with Crippen LogP contribution in [0.25, 0.3) is 10.9 Å². The molecule has 0 bridgehead atoms. The molecule has 14 heavy (non-hydrogen) atoms. The van der Waals surface area contributed by atoms with Crippen molar-refractivity contribution < 1.29 is 0 Å². The predicted molar refractivity (Wildman–Crippen MR) is 61.2 cm³/mol. The molecule has 1 aliphatic heterocycles. The number of benzene rings is 1. The predicted octanol–water partition coefficient (Wildman–Crippen LogP) is 2.28. The molecule has 0 unspecified atom stereocenters. The van der Waals surface area contributed by atoms with Crippen molar-refractivity contribution in [3.05, 3.63) is 36.0 Å². The van der Waals surface area contributed by atoms with E-state index in [4.69, 9.17) is 0 Å². The first-order valence-electron chi connectivity index (χ1n) is 4.72. The molecule has 3 rings (SSSR count). The number of halogens is 1. The Morgan fingerprint density at radius 2 is 1.93 bits per heavy atom. The first kappa shape index (κ1) is 9.56. The maximum atomic E-state index is 3.31. The number of para-hydroxylation sites is 1. The molecule has 0 aliphatic carbocycles. The summed E-state index contributed by atoms with van der Waals surface area (Å²) in [7, 11) is 0. The van der Waals surface area contributed by atoms with Gasteiger partial charge in [-0.05, 0) is 11.6 Å². The molecule has 74 valence electrons. The molecule has 0 saturated carbocycles. The molecule has 2 nitrogen and oxygen atoms in total. The van der Waals surface area contributed by atoms with E-state index in [9.17, 15) is 0 Å². The fourth-order valence-electron chi connectivity index (χ4n) is 1.94.